The molecule has 3 aliphatic heterocycles. The number of likely N-dealkylation sites (tertiary alicyclic amines) is 1. The van der Waals surface area contributed by atoms with Gasteiger partial charge in [-0.25, -0.2) is 13.8 Å². The lowest BCUT2D eigenvalue weighted by atomic mass is 9.98. The molecule has 0 radical (unpaired) electrons. The molecule has 4 aromatic rings. The molecular weight excluding hydrogens is 834 g/mol. The second-order valence-electron chi connectivity index (χ2n) is 15.7. The SMILES string of the molecule is CC.CC.CN1CC[N+](CC(N)=O)(CC2CNC2)C1.COCCn1ncc(-c2ccc(-c3cnc(C(=O)Nc4ccc(C(=O)N5CCC(C=O)CC5)c(Cl)c4)n3C)c(F)c2F)c1C. The first-order valence-electron chi connectivity index (χ1n) is 21.6. The second-order valence-corrected chi connectivity index (χ2v) is 16.1. The van der Waals surface area contributed by atoms with E-state index in [9.17, 15) is 19.2 Å². The number of piperidine rings is 1. The number of aldehydes is 1. The molecule has 18 heteroatoms. The molecule has 7 rings (SSSR count). The zero-order valence-corrected chi connectivity index (χ0v) is 38.6. The van der Waals surface area contributed by atoms with E-state index in [4.69, 9.17) is 22.1 Å². The summed E-state index contributed by atoms with van der Waals surface area (Å²) in [6, 6.07) is 7.45. The number of nitrogens with one attached hydrogen (secondary N) is 2. The number of benzene rings is 2. The van der Waals surface area contributed by atoms with Crippen LogP contribution in [0.2, 0.25) is 5.02 Å². The first-order valence-corrected chi connectivity index (χ1v) is 22.0. The standard InChI is InChI=1S/C31H31ClF2N6O4.C10H20N4O.2C2H6/c1-18-24(15-36-40(18)12-13-44-3)21-6-7-23(28(34)27(21)33)26-16-35-29(38(26)2)30(42)37-20-4-5-22(25(32)14-20)31(43)39-10-8-19(17-41)9-11-39;1-13-2-3-14(8-13,7-10(11)15)6-9-4-12-5-9;2*1-2/h4-7,14-17,19H,8-13H2,1-3H3,(H,37,42);9,12H,2-8H2,1H3,(H-,11,15);2*1-2H3/p+1. The summed E-state index contributed by atoms with van der Waals surface area (Å²) in [7, 11) is 5.20. The Labute approximate surface area is 374 Å². The fourth-order valence-electron chi connectivity index (χ4n) is 8.04. The van der Waals surface area contributed by atoms with E-state index in [1.807, 2.05) is 27.7 Å². The van der Waals surface area contributed by atoms with Crippen molar-refractivity contribution in [3.8, 4) is 22.4 Å². The zero-order chi connectivity index (χ0) is 46.4. The Morgan fingerprint density at radius 3 is 2.24 bits per heavy atom. The Bertz CT molecular complexity index is 2190. The van der Waals surface area contributed by atoms with Gasteiger partial charge < -0.3 is 39.8 Å². The molecule has 3 aliphatic rings. The maximum atomic E-state index is 15.4. The number of imidazole rings is 1. The van der Waals surface area contributed by atoms with Crippen LogP contribution in [0.5, 0.6) is 0 Å². The van der Waals surface area contributed by atoms with E-state index in [2.05, 4.69) is 32.7 Å². The van der Waals surface area contributed by atoms with Crippen molar-refractivity contribution in [1.82, 2.24) is 34.4 Å². The third-order valence-electron chi connectivity index (χ3n) is 11.4. The number of aromatic nitrogens is 4. The minimum atomic E-state index is -1.08. The fourth-order valence-corrected chi connectivity index (χ4v) is 8.30. The molecule has 63 heavy (non-hydrogen) atoms. The van der Waals surface area contributed by atoms with Crippen LogP contribution < -0.4 is 16.4 Å². The lowest BCUT2D eigenvalue weighted by Gasteiger charge is -2.39. The van der Waals surface area contributed by atoms with Crippen LogP contribution in [-0.2, 0) is 27.9 Å². The third-order valence-corrected chi connectivity index (χ3v) is 11.7. The van der Waals surface area contributed by atoms with Crippen molar-refractivity contribution in [2.45, 2.75) is 54.0 Å². The van der Waals surface area contributed by atoms with Gasteiger partial charge in [0.2, 0.25) is 0 Å². The number of nitrogens with zero attached hydrogens (tertiary/aromatic N) is 7. The average Bonchev–Trinajstić information content (AvgIpc) is 3.95. The van der Waals surface area contributed by atoms with Gasteiger partial charge >= 0.3 is 0 Å². The largest absolute Gasteiger partial charge is 0.383 e. The van der Waals surface area contributed by atoms with Gasteiger partial charge in [-0.15, -0.1) is 0 Å². The van der Waals surface area contributed by atoms with Gasteiger partial charge in [-0.1, -0.05) is 45.4 Å². The number of ether oxygens (including phenoxy) is 1. The molecule has 5 heterocycles. The van der Waals surface area contributed by atoms with Gasteiger partial charge in [0.1, 0.15) is 13.0 Å². The highest BCUT2D eigenvalue weighted by Crippen LogP contribution is 2.33. The maximum Gasteiger partial charge on any atom is 0.291 e. The van der Waals surface area contributed by atoms with Crippen molar-refractivity contribution >= 4 is 41.3 Å². The molecule has 3 fully saturated rings. The molecule has 0 spiro atoms. The number of anilines is 1. The summed E-state index contributed by atoms with van der Waals surface area (Å²) in [6.45, 7) is 18.5. The summed E-state index contributed by atoms with van der Waals surface area (Å²) >= 11 is 6.40. The van der Waals surface area contributed by atoms with E-state index < -0.39 is 17.5 Å². The first-order chi connectivity index (χ1) is 30.2. The maximum absolute atomic E-state index is 15.4. The first kappa shape index (κ1) is 50.6. The van der Waals surface area contributed by atoms with Crippen LogP contribution >= 0.6 is 11.6 Å². The summed E-state index contributed by atoms with van der Waals surface area (Å²) in [5.41, 5.74) is 7.29. The number of halogens is 3. The second kappa shape index (κ2) is 23.6. The van der Waals surface area contributed by atoms with Crippen LogP contribution in [-0.4, -0.2) is 137 Å². The molecule has 2 aromatic heterocycles. The normalized spacial score (nSPS) is 17.6. The molecule has 2 aromatic carbocycles. The van der Waals surface area contributed by atoms with Crippen molar-refractivity contribution in [3.05, 3.63) is 76.5 Å². The van der Waals surface area contributed by atoms with Crippen LogP contribution in [0.4, 0.5) is 14.5 Å². The average molecular weight is 899 g/mol. The van der Waals surface area contributed by atoms with Crippen LogP contribution in [0, 0.1) is 30.4 Å². The van der Waals surface area contributed by atoms with Crippen molar-refractivity contribution < 1.29 is 37.2 Å². The van der Waals surface area contributed by atoms with E-state index in [1.165, 1.54) is 48.3 Å². The Balaban J connectivity index is 0.000000382. The van der Waals surface area contributed by atoms with Gasteiger partial charge in [0.15, 0.2) is 24.0 Å². The highest BCUT2D eigenvalue weighted by Gasteiger charge is 2.40. The summed E-state index contributed by atoms with van der Waals surface area (Å²) in [4.78, 5) is 56.3. The smallest absolute Gasteiger partial charge is 0.291 e. The molecule has 15 nitrogen and oxygen atoms in total. The van der Waals surface area contributed by atoms with E-state index >= 15 is 8.78 Å². The molecule has 4 N–H and O–H groups in total. The summed E-state index contributed by atoms with van der Waals surface area (Å²) < 4.78 is 39.7. The zero-order valence-electron chi connectivity index (χ0n) is 37.8. The third kappa shape index (κ3) is 12.4. The van der Waals surface area contributed by atoms with Crippen LogP contribution in [0.1, 0.15) is 67.2 Å². The van der Waals surface area contributed by atoms with Gasteiger partial charge in [0, 0.05) is 80.2 Å². The van der Waals surface area contributed by atoms with E-state index in [0.717, 1.165) is 56.1 Å². The molecule has 0 bridgehead atoms. The van der Waals surface area contributed by atoms with Gasteiger partial charge in [-0.2, -0.15) is 5.10 Å². The molecule has 0 aliphatic carbocycles. The predicted molar refractivity (Wildman–Crippen MR) is 241 cm³/mol. The number of methoxy groups -OCH3 is 1. The fraction of sp³-hybridized carbons (Fsp3) is 0.511. The molecule has 344 valence electrons. The number of likely N-dealkylation sites (N-methyl/N-ethyl adjacent to an activating group) is 1. The lowest BCUT2D eigenvalue weighted by Crippen LogP contribution is -2.59. The summed E-state index contributed by atoms with van der Waals surface area (Å²) in [5.74, 6) is -2.50. The van der Waals surface area contributed by atoms with Crippen molar-refractivity contribution in [1.29, 1.82) is 0 Å². The molecule has 0 saturated carbocycles. The molecule has 1 unspecified atom stereocenters. The molecular formula is C45H64ClF2N10O5+. The van der Waals surface area contributed by atoms with E-state index in [1.54, 1.807) is 29.7 Å². The van der Waals surface area contributed by atoms with Gasteiger partial charge in [0.25, 0.3) is 17.7 Å². The highest BCUT2D eigenvalue weighted by molar-refractivity contribution is 6.34. The number of carbonyl (C=O) groups excluding carboxylic acids is 4. The predicted octanol–water partition coefficient (Wildman–Crippen LogP) is 5.60. The number of quaternary nitrogens is 1. The topological polar surface area (TPSA) is 170 Å². The number of amides is 3. The lowest BCUT2D eigenvalue weighted by molar-refractivity contribution is -0.916. The van der Waals surface area contributed by atoms with Gasteiger partial charge in [-0.3, -0.25) is 24.0 Å². The van der Waals surface area contributed by atoms with Crippen LogP contribution in [0.3, 0.4) is 0 Å². The number of carbonyl (C=O) groups is 4. The number of nitrogens with two attached hydrogens (primary N) is 1. The van der Waals surface area contributed by atoms with Crippen molar-refractivity contribution in [2.24, 2.45) is 24.6 Å². The monoisotopic (exact) mass is 897 g/mol. The Morgan fingerprint density at radius 1 is 1.00 bits per heavy atom. The summed E-state index contributed by atoms with van der Waals surface area (Å²) in [6.07, 6.45) is 4.91. The van der Waals surface area contributed by atoms with Crippen LogP contribution in [0.15, 0.2) is 42.7 Å². The van der Waals surface area contributed by atoms with E-state index in [-0.39, 0.29) is 51.0 Å². The van der Waals surface area contributed by atoms with Crippen molar-refractivity contribution in [2.75, 3.05) is 85.1 Å². The minimum Gasteiger partial charge on any atom is -0.383 e. The number of rotatable bonds is 13. The number of primary amides is 1. The quantitative estimate of drug-likeness (QED) is 0.114. The molecule has 3 saturated heterocycles. The highest BCUT2D eigenvalue weighted by atomic mass is 35.5. The Morgan fingerprint density at radius 2 is 1.67 bits per heavy atom. The van der Waals surface area contributed by atoms with Crippen molar-refractivity contribution in [3.63, 3.8) is 0 Å². The van der Waals surface area contributed by atoms with Crippen LogP contribution in [0.25, 0.3) is 22.4 Å². The molecule has 1 atom stereocenters. The minimum absolute atomic E-state index is 0.0414. The Kier molecular flexibility index (Phi) is 18.9. The number of hydrogen-bond acceptors (Lipinski definition) is 9. The Hall–Kier alpha value is -5.07. The summed E-state index contributed by atoms with van der Waals surface area (Å²) in [5, 5.41) is 10.4. The number of hydrogen-bond donors (Lipinski definition) is 3. The van der Waals surface area contributed by atoms with Gasteiger partial charge in [-0.05, 0) is 51.1 Å². The van der Waals surface area contributed by atoms with Gasteiger partial charge in [0.05, 0.1) is 61.5 Å². The van der Waals surface area contributed by atoms with E-state index in [0.29, 0.717) is 62.6 Å². The molecule has 3 amide bonds.